The quantitative estimate of drug-likeness (QED) is 0.426. The zero-order valence-electron chi connectivity index (χ0n) is 16.2. The first-order chi connectivity index (χ1) is 11.3. The van der Waals surface area contributed by atoms with Gasteiger partial charge in [0, 0.05) is 6.08 Å². The predicted molar refractivity (Wildman–Crippen MR) is 103 cm³/mol. The molecule has 0 amide bonds. The number of hydrogen-bond acceptors (Lipinski definition) is 1. The Bertz CT molecular complexity index is 539. The van der Waals surface area contributed by atoms with Gasteiger partial charge >= 0.3 is 5.97 Å². The van der Waals surface area contributed by atoms with Crippen molar-refractivity contribution >= 4 is 5.97 Å². The fourth-order valence-electron chi connectivity index (χ4n) is 3.35. The van der Waals surface area contributed by atoms with Crippen LogP contribution in [0.3, 0.4) is 0 Å². The largest absolute Gasteiger partial charge is 0.478 e. The summed E-state index contributed by atoms with van der Waals surface area (Å²) in [5.41, 5.74) is 8.86. The number of hydrogen-bond donors (Lipinski definition) is 1. The van der Waals surface area contributed by atoms with Gasteiger partial charge in [0.05, 0.1) is 0 Å². The maximum absolute atomic E-state index is 10.4. The van der Waals surface area contributed by atoms with Crippen LogP contribution >= 0.6 is 0 Å². The van der Waals surface area contributed by atoms with Crippen LogP contribution in [0, 0.1) is 0 Å². The van der Waals surface area contributed by atoms with Crippen molar-refractivity contribution in [3.05, 3.63) is 45.6 Å². The monoisotopic (exact) mass is 330 g/mol. The molecule has 2 nitrogen and oxygen atoms in total. The average Bonchev–Trinajstić information content (AvgIpc) is 2.55. The molecule has 134 valence electrons. The molecule has 0 heterocycles. The Kier molecular flexibility index (Phi) is 8.81. The molecule has 0 aliphatic heterocycles. The Balaban J connectivity index is 0.000000243. The molecule has 1 N–H and O–H groups in total. The van der Waals surface area contributed by atoms with E-state index in [0.29, 0.717) is 0 Å². The second kappa shape index (κ2) is 10.3. The third kappa shape index (κ3) is 7.33. The standard InChI is InChI=1S/C11H16O2.C11H18/c1-8(2)10-5-3-9(4-6-10)7-11(12)13;1-4-10-5-7-11(8-6-10)9(2)3/h7H,3-6H2,1-2H3,(H,12,13);4H,5-8H2,1-3H3. The fourth-order valence-corrected chi connectivity index (χ4v) is 3.35. The Hall–Kier alpha value is -1.57. The molecular formula is C22H34O2. The summed E-state index contributed by atoms with van der Waals surface area (Å²) in [7, 11) is 0. The second-order valence-corrected chi connectivity index (χ2v) is 7.29. The Morgan fingerprint density at radius 1 is 0.750 bits per heavy atom. The maximum atomic E-state index is 10.4. The summed E-state index contributed by atoms with van der Waals surface area (Å²) < 4.78 is 0. The van der Waals surface area contributed by atoms with Gasteiger partial charge in [-0.3, -0.25) is 0 Å². The fraction of sp³-hybridized carbons (Fsp3) is 0.591. The third-order valence-corrected chi connectivity index (χ3v) is 5.14. The van der Waals surface area contributed by atoms with Crippen LogP contribution in [0.5, 0.6) is 0 Å². The number of carboxylic acids is 1. The third-order valence-electron chi connectivity index (χ3n) is 5.14. The van der Waals surface area contributed by atoms with Gasteiger partial charge in [-0.2, -0.15) is 0 Å². The van der Waals surface area contributed by atoms with E-state index in [0.717, 1.165) is 31.3 Å². The van der Waals surface area contributed by atoms with E-state index < -0.39 is 5.97 Å². The van der Waals surface area contributed by atoms with Gasteiger partial charge in [-0.05, 0) is 86.0 Å². The first-order valence-corrected chi connectivity index (χ1v) is 9.20. The molecule has 0 saturated heterocycles. The van der Waals surface area contributed by atoms with Crippen molar-refractivity contribution in [1.29, 1.82) is 0 Å². The highest BCUT2D eigenvalue weighted by molar-refractivity contribution is 5.80. The van der Waals surface area contributed by atoms with Gasteiger partial charge in [0.15, 0.2) is 0 Å². The van der Waals surface area contributed by atoms with Gasteiger partial charge in [-0.1, -0.05) is 39.5 Å². The lowest BCUT2D eigenvalue weighted by molar-refractivity contribution is -0.131. The zero-order chi connectivity index (χ0) is 18.1. The zero-order valence-corrected chi connectivity index (χ0v) is 16.2. The topological polar surface area (TPSA) is 37.3 Å². The number of allylic oxidation sites excluding steroid dienone is 7. The summed E-state index contributed by atoms with van der Waals surface area (Å²) >= 11 is 0. The molecule has 2 heteroatoms. The number of aliphatic carboxylic acids is 1. The van der Waals surface area contributed by atoms with E-state index in [1.165, 1.54) is 42.9 Å². The minimum absolute atomic E-state index is 0.810. The summed E-state index contributed by atoms with van der Waals surface area (Å²) in [6, 6.07) is 0. The van der Waals surface area contributed by atoms with E-state index in [-0.39, 0.29) is 0 Å². The first-order valence-electron chi connectivity index (χ1n) is 9.20. The van der Waals surface area contributed by atoms with Crippen molar-refractivity contribution < 1.29 is 9.90 Å². The van der Waals surface area contributed by atoms with Gasteiger partial charge in [-0.25, -0.2) is 4.79 Å². The lowest BCUT2D eigenvalue weighted by Crippen LogP contribution is -2.01. The van der Waals surface area contributed by atoms with Crippen molar-refractivity contribution in [3.63, 3.8) is 0 Å². The molecule has 0 aromatic carbocycles. The smallest absolute Gasteiger partial charge is 0.328 e. The van der Waals surface area contributed by atoms with Gasteiger partial charge in [0.1, 0.15) is 0 Å². The normalized spacial score (nSPS) is 17.7. The van der Waals surface area contributed by atoms with Crippen LogP contribution in [-0.4, -0.2) is 11.1 Å². The molecule has 2 aliphatic rings. The molecule has 2 fully saturated rings. The summed E-state index contributed by atoms with van der Waals surface area (Å²) in [5, 5.41) is 8.55. The van der Waals surface area contributed by atoms with Crippen LogP contribution < -0.4 is 0 Å². The van der Waals surface area contributed by atoms with Crippen LogP contribution in [0.1, 0.15) is 86.0 Å². The molecule has 24 heavy (non-hydrogen) atoms. The van der Waals surface area contributed by atoms with Crippen molar-refractivity contribution in [2.45, 2.75) is 86.0 Å². The summed E-state index contributed by atoms with van der Waals surface area (Å²) in [5.74, 6) is -0.810. The molecule has 0 aromatic heterocycles. The summed E-state index contributed by atoms with van der Waals surface area (Å²) in [4.78, 5) is 10.4. The molecule has 2 rings (SSSR count). The SMILES string of the molecule is CC(C)=C1CCC(=CC(=O)O)CC1.CC=C1CCC(=C(C)C)CC1. The van der Waals surface area contributed by atoms with Gasteiger partial charge in [0.25, 0.3) is 0 Å². The minimum Gasteiger partial charge on any atom is -0.478 e. The lowest BCUT2D eigenvalue weighted by Gasteiger charge is -2.18. The van der Waals surface area contributed by atoms with Crippen molar-refractivity contribution in [3.8, 4) is 0 Å². The van der Waals surface area contributed by atoms with Crippen LogP contribution in [0.2, 0.25) is 0 Å². The van der Waals surface area contributed by atoms with E-state index >= 15 is 0 Å². The Morgan fingerprint density at radius 3 is 1.42 bits per heavy atom. The van der Waals surface area contributed by atoms with Crippen LogP contribution in [0.4, 0.5) is 0 Å². The molecule has 0 radical (unpaired) electrons. The average molecular weight is 331 g/mol. The number of carboxylic acid groups (broad SMARTS) is 1. The molecule has 2 saturated carbocycles. The highest BCUT2D eigenvalue weighted by atomic mass is 16.4. The maximum Gasteiger partial charge on any atom is 0.328 e. The van der Waals surface area contributed by atoms with Gasteiger partial charge in [0.2, 0.25) is 0 Å². The van der Waals surface area contributed by atoms with E-state index in [4.69, 9.17) is 5.11 Å². The molecule has 0 bridgehead atoms. The minimum atomic E-state index is -0.810. The second-order valence-electron chi connectivity index (χ2n) is 7.29. The van der Waals surface area contributed by atoms with Crippen molar-refractivity contribution in [1.82, 2.24) is 0 Å². The lowest BCUT2D eigenvalue weighted by atomic mass is 9.88. The Labute approximate surface area is 148 Å². The van der Waals surface area contributed by atoms with Gasteiger partial charge in [-0.15, -0.1) is 0 Å². The Morgan fingerprint density at radius 2 is 1.12 bits per heavy atom. The summed E-state index contributed by atoms with van der Waals surface area (Å²) in [6.07, 6.45) is 12.8. The van der Waals surface area contributed by atoms with Gasteiger partial charge < -0.3 is 5.11 Å². The molecule has 0 atom stereocenters. The highest BCUT2D eigenvalue weighted by Crippen LogP contribution is 2.30. The van der Waals surface area contributed by atoms with E-state index in [1.807, 2.05) is 0 Å². The van der Waals surface area contributed by atoms with E-state index in [2.05, 4.69) is 40.7 Å². The molecule has 0 spiro atoms. The number of carbonyl (C=O) groups is 1. The molecule has 0 unspecified atom stereocenters. The predicted octanol–water partition coefficient (Wildman–Crippen LogP) is 6.75. The van der Waals surface area contributed by atoms with Crippen LogP contribution in [-0.2, 0) is 4.79 Å². The first kappa shape index (κ1) is 20.5. The van der Waals surface area contributed by atoms with Crippen LogP contribution in [0.25, 0.3) is 0 Å². The number of rotatable bonds is 1. The van der Waals surface area contributed by atoms with Crippen LogP contribution in [0.15, 0.2) is 45.6 Å². The molecule has 0 aromatic rings. The van der Waals surface area contributed by atoms with Crippen molar-refractivity contribution in [2.75, 3.05) is 0 Å². The van der Waals surface area contributed by atoms with Crippen molar-refractivity contribution in [2.24, 2.45) is 0 Å². The summed E-state index contributed by atoms with van der Waals surface area (Å²) in [6.45, 7) is 10.9. The van der Waals surface area contributed by atoms with E-state index in [1.54, 1.807) is 16.7 Å². The molecule has 2 aliphatic carbocycles. The van der Waals surface area contributed by atoms with E-state index in [9.17, 15) is 4.79 Å². The molecular weight excluding hydrogens is 296 g/mol. The highest BCUT2D eigenvalue weighted by Gasteiger charge is 2.11.